The maximum Gasteiger partial charge on any atom is 0.331 e. The average molecular weight is 445 g/mol. The Morgan fingerprint density at radius 1 is 1.17 bits per heavy atom. The molecule has 0 fully saturated rings. The van der Waals surface area contributed by atoms with Gasteiger partial charge in [-0.1, -0.05) is 48.0 Å². The zero-order chi connectivity index (χ0) is 21.9. The van der Waals surface area contributed by atoms with E-state index in [4.69, 9.17) is 26.8 Å². The lowest BCUT2D eigenvalue weighted by Gasteiger charge is -2.29. The Hall–Kier alpha value is -2.21. The van der Waals surface area contributed by atoms with Crippen LogP contribution < -0.4 is 5.73 Å². The number of nitrogens with two attached hydrogens (primary N) is 1. The highest BCUT2D eigenvalue weighted by atomic mass is 35.5. The molecule has 2 atom stereocenters. The summed E-state index contributed by atoms with van der Waals surface area (Å²) < 4.78 is 11.3. The van der Waals surface area contributed by atoms with Crippen LogP contribution in [0.3, 0.4) is 0 Å². The van der Waals surface area contributed by atoms with Gasteiger partial charge >= 0.3 is 5.97 Å². The van der Waals surface area contributed by atoms with E-state index in [0.717, 1.165) is 16.2 Å². The third kappa shape index (κ3) is 5.48. The van der Waals surface area contributed by atoms with Crippen molar-refractivity contribution in [2.75, 3.05) is 0 Å². The van der Waals surface area contributed by atoms with Crippen molar-refractivity contribution in [3.05, 3.63) is 94.3 Å². The van der Waals surface area contributed by atoms with Gasteiger partial charge in [-0.3, -0.25) is 0 Å². The molecule has 3 rings (SSSR count). The molecule has 1 aliphatic heterocycles. The van der Waals surface area contributed by atoms with Crippen LogP contribution in [0.25, 0.3) is 0 Å². The van der Waals surface area contributed by atoms with Gasteiger partial charge in [-0.25, -0.2) is 4.79 Å². The van der Waals surface area contributed by atoms with Gasteiger partial charge in [0.2, 0.25) is 0 Å². The van der Waals surface area contributed by atoms with E-state index in [-0.39, 0.29) is 0 Å². The summed E-state index contributed by atoms with van der Waals surface area (Å²) in [5.74, 6) is 0.219. The summed E-state index contributed by atoms with van der Waals surface area (Å²) >= 11 is 6.49. The normalized spacial score (nSPS) is 19.1. The van der Waals surface area contributed by atoms with Crippen LogP contribution in [0.5, 0.6) is 0 Å². The van der Waals surface area contributed by atoms with Crippen molar-refractivity contribution < 1.29 is 14.3 Å². The van der Waals surface area contributed by atoms with E-state index in [0.29, 0.717) is 17.2 Å². The van der Waals surface area contributed by atoms with Gasteiger partial charge in [-0.15, -0.1) is 0 Å². The third-order valence-corrected chi connectivity index (χ3v) is 6.60. The molecule has 1 radical (unpaired) electrons. The van der Waals surface area contributed by atoms with E-state index in [1.165, 1.54) is 0 Å². The lowest BCUT2D eigenvalue weighted by atomic mass is 9.93. The Bertz CT molecular complexity index is 978. The van der Waals surface area contributed by atoms with Crippen LogP contribution in [0.15, 0.2) is 76.1 Å². The molecule has 0 saturated carbocycles. The predicted molar refractivity (Wildman–Crippen MR) is 124 cm³/mol. The number of ether oxygens (including phenoxy) is 2. The molecule has 2 N–H and O–H groups in total. The molecule has 0 aromatic heterocycles. The number of rotatable bonds is 6. The molecule has 1 heterocycles. The molecule has 0 aliphatic carbocycles. The van der Waals surface area contributed by atoms with Crippen LogP contribution in [-0.4, -0.2) is 11.6 Å². The molecule has 30 heavy (non-hydrogen) atoms. The van der Waals surface area contributed by atoms with Crippen molar-refractivity contribution in [3.63, 3.8) is 0 Å². The topological polar surface area (TPSA) is 61.6 Å². The molecule has 0 bridgehead atoms. The first-order valence-electron chi connectivity index (χ1n) is 9.59. The molecule has 1 aliphatic rings. The van der Waals surface area contributed by atoms with Gasteiger partial charge < -0.3 is 15.2 Å². The number of benzene rings is 2. The molecule has 4 nitrogen and oxygen atoms in total. The average Bonchev–Trinajstić information content (AvgIpc) is 3.14. The van der Waals surface area contributed by atoms with Crippen LogP contribution in [-0.2, 0) is 26.4 Å². The van der Waals surface area contributed by atoms with E-state index >= 15 is 0 Å². The maximum atomic E-state index is 12.5. The van der Waals surface area contributed by atoms with Gasteiger partial charge in [0.15, 0.2) is 0 Å². The molecule has 0 amide bonds. The van der Waals surface area contributed by atoms with E-state index in [1.54, 1.807) is 26.8 Å². The number of carbonyl (C=O) groups is 1. The number of carbonyl (C=O) groups excluding carboxylic acids is 1. The van der Waals surface area contributed by atoms with Gasteiger partial charge in [0.05, 0.1) is 0 Å². The van der Waals surface area contributed by atoms with Crippen molar-refractivity contribution in [2.24, 2.45) is 5.73 Å². The Morgan fingerprint density at radius 3 is 2.50 bits per heavy atom. The van der Waals surface area contributed by atoms with Crippen LogP contribution in [0, 0.1) is 6.92 Å². The van der Waals surface area contributed by atoms with E-state index < -0.39 is 28.0 Å². The van der Waals surface area contributed by atoms with Gasteiger partial charge in [0.25, 0.3) is 0 Å². The first-order chi connectivity index (χ1) is 14.1. The van der Waals surface area contributed by atoms with Crippen LogP contribution in [0.4, 0.5) is 0 Å². The quantitative estimate of drug-likeness (QED) is 0.448. The highest BCUT2D eigenvalue weighted by Gasteiger charge is 2.37. The molecular weight excluding hydrogens is 418 g/mol. The summed E-state index contributed by atoms with van der Waals surface area (Å²) in [5.41, 5.74) is 5.51. The first kappa shape index (κ1) is 22.5. The minimum absolute atomic E-state index is 0.388. The fourth-order valence-corrected chi connectivity index (χ4v) is 4.97. The van der Waals surface area contributed by atoms with E-state index in [9.17, 15) is 4.79 Å². The van der Waals surface area contributed by atoms with Crippen molar-refractivity contribution in [1.82, 2.24) is 0 Å². The van der Waals surface area contributed by atoms with Crippen LogP contribution in [0.1, 0.15) is 31.9 Å². The lowest BCUT2D eigenvalue weighted by Crippen LogP contribution is -2.46. The van der Waals surface area contributed by atoms with E-state index in [2.05, 4.69) is 17.7 Å². The Balaban J connectivity index is 1.72. The number of hydrogen-bond acceptors (Lipinski definition) is 4. The molecular formula is C24H27ClNO3S. The number of hydrogen-bond donors (Lipinski definition) is 2. The first-order valence-corrected chi connectivity index (χ1v) is 11.4. The maximum absolute atomic E-state index is 12.5. The number of allylic oxidation sites excluding steroid dienone is 1. The fourth-order valence-electron chi connectivity index (χ4n) is 2.87. The SMILES string of the molecule is [CH2]C(N)(C(=O)OC(C)(C)C)c1ccc([SH]2C=CC(OCc3ccccc3)=C2)cc1Cl. The highest BCUT2D eigenvalue weighted by molar-refractivity contribution is 8.22. The molecule has 0 spiro atoms. The molecule has 2 aromatic rings. The Kier molecular flexibility index (Phi) is 6.65. The molecule has 0 saturated heterocycles. The Morgan fingerprint density at radius 2 is 1.87 bits per heavy atom. The predicted octanol–water partition coefficient (Wildman–Crippen LogP) is 5.62. The zero-order valence-corrected chi connectivity index (χ0v) is 19.0. The second-order valence-electron chi connectivity index (χ2n) is 8.17. The second kappa shape index (κ2) is 8.88. The summed E-state index contributed by atoms with van der Waals surface area (Å²) in [6, 6.07) is 15.5. The molecule has 159 valence electrons. The molecule has 2 unspecified atom stereocenters. The number of halogens is 1. The second-order valence-corrected chi connectivity index (χ2v) is 10.5. The van der Waals surface area contributed by atoms with Crippen molar-refractivity contribution in [3.8, 4) is 0 Å². The van der Waals surface area contributed by atoms with Crippen LogP contribution >= 0.6 is 22.5 Å². The number of thiol groups is 1. The summed E-state index contributed by atoms with van der Waals surface area (Å²) in [5, 5.41) is 4.59. The minimum Gasteiger partial charge on any atom is -0.488 e. The van der Waals surface area contributed by atoms with Gasteiger partial charge in [-0.2, -0.15) is 10.9 Å². The van der Waals surface area contributed by atoms with Gasteiger partial charge in [0, 0.05) is 16.0 Å². The summed E-state index contributed by atoms with van der Waals surface area (Å²) in [6.07, 6.45) is 1.98. The van der Waals surface area contributed by atoms with Gasteiger partial charge in [0.1, 0.15) is 23.5 Å². The molecule has 6 heteroatoms. The standard InChI is InChI=1S/C24H27ClNO3S/c1-23(2,3)29-22(27)24(4,26)20-11-10-19(14-21(20)25)30-13-12-18(16-30)28-15-17-8-6-5-7-9-17/h5-14,16,30H,4,15,26H2,1-3H3. The Labute approximate surface area is 186 Å². The van der Waals surface area contributed by atoms with Crippen LogP contribution in [0.2, 0.25) is 5.02 Å². The summed E-state index contributed by atoms with van der Waals surface area (Å²) in [4.78, 5) is 13.5. The van der Waals surface area contributed by atoms with Crippen molar-refractivity contribution in [2.45, 2.75) is 43.4 Å². The summed E-state index contributed by atoms with van der Waals surface area (Å²) in [6.45, 7) is 9.72. The minimum atomic E-state index is -1.58. The van der Waals surface area contributed by atoms with Gasteiger partial charge in [-0.05, 0) is 61.8 Å². The number of esters is 1. The summed E-state index contributed by atoms with van der Waals surface area (Å²) in [7, 11) is -0.691. The third-order valence-electron chi connectivity index (χ3n) is 4.41. The van der Waals surface area contributed by atoms with E-state index in [1.807, 2.05) is 48.5 Å². The van der Waals surface area contributed by atoms with Crippen molar-refractivity contribution in [1.29, 1.82) is 0 Å². The highest BCUT2D eigenvalue weighted by Crippen LogP contribution is 2.46. The van der Waals surface area contributed by atoms with Crippen molar-refractivity contribution >= 4 is 28.5 Å². The monoisotopic (exact) mass is 444 g/mol. The smallest absolute Gasteiger partial charge is 0.331 e. The zero-order valence-electron chi connectivity index (χ0n) is 17.4. The lowest BCUT2D eigenvalue weighted by molar-refractivity contribution is -0.160. The largest absolute Gasteiger partial charge is 0.488 e. The molecule has 2 aromatic carbocycles. The fraction of sp³-hybridized carbons (Fsp3) is 0.250.